The lowest BCUT2D eigenvalue weighted by molar-refractivity contribution is -0.138. The van der Waals surface area contributed by atoms with Crippen molar-refractivity contribution >= 4 is 35.8 Å². The van der Waals surface area contributed by atoms with Crippen molar-refractivity contribution < 1.29 is 55.8 Å². The first-order chi connectivity index (χ1) is 19.9. The molecule has 16 heteroatoms. The Balaban J connectivity index is 2.08. The molecule has 11 nitrogen and oxygen atoms in total. The number of hydrogen-bond acceptors (Lipinski definition) is 6. The monoisotopic (exact) mass is 620 g/mol. The van der Waals surface area contributed by atoms with Crippen LogP contribution in [0.5, 0.6) is 5.75 Å². The highest BCUT2D eigenvalue weighted by atomic mass is 19.4. The van der Waals surface area contributed by atoms with Crippen molar-refractivity contribution in [3.05, 3.63) is 23.3 Å². The molecule has 238 valence electrons. The maximum absolute atomic E-state index is 14.4. The number of ether oxygens (including phenoxy) is 1. The van der Waals surface area contributed by atoms with Gasteiger partial charge in [0.05, 0.1) is 22.9 Å². The number of alkyl halides is 5. The molecule has 0 unspecified atom stereocenters. The van der Waals surface area contributed by atoms with E-state index >= 15 is 0 Å². The van der Waals surface area contributed by atoms with Crippen molar-refractivity contribution in [2.45, 2.75) is 83.3 Å². The van der Waals surface area contributed by atoms with E-state index in [0.717, 1.165) is 20.8 Å². The molecule has 0 saturated carbocycles. The van der Waals surface area contributed by atoms with E-state index in [1.165, 1.54) is 13.8 Å². The van der Waals surface area contributed by atoms with Gasteiger partial charge in [0.25, 0.3) is 17.7 Å². The molecule has 0 aromatic heterocycles. The molecule has 2 aliphatic rings. The molecular formula is C27H33F5N4O7. The predicted molar refractivity (Wildman–Crippen MR) is 141 cm³/mol. The van der Waals surface area contributed by atoms with Crippen molar-refractivity contribution in [2.75, 3.05) is 24.5 Å². The summed E-state index contributed by atoms with van der Waals surface area (Å²) in [7, 11) is 0. The first-order valence-electron chi connectivity index (χ1n) is 13.5. The van der Waals surface area contributed by atoms with Crippen LogP contribution in [0.15, 0.2) is 12.1 Å². The average molecular weight is 621 g/mol. The summed E-state index contributed by atoms with van der Waals surface area (Å²) in [4.78, 5) is 64.5. The molecule has 2 aliphatic heterocycles. The maximum Gasteiger partial charge on any atom is 0.417 e. The van der Waals surface area contributed by atoms with Crippen LogP contribution in [0.25, 0.3) is 0 Å². The Bertz CT molecular complexity index is 1270. The molecule has 0 aliphatic carbocycles. The number of hydrogen-bond donors (Lipinski definition) is 2. The van der Waals surface area contributed by atoms with Gasteiger partial charge in [-0.1, -0.05) is 0 Å². The summed E-state index contributed by atoms with van der Waals surface area (Å²) in [5.41, 5.74) is -4.10. The van der Waals surface area contributed by atoms with Gasteiger partial charge in [-0.2, -0.15) is 22.0 Å². The Hall–Kier alpha value is -3.98. The lowest BCUT2D eigenvalue weighted by Gasteiger charge is -2.44. The Labute approximate surface area is 243 Å². The Morgan fingerprint density at radius 3 is 2.40 bits per heavy atom. The molecule has 43 heavy (non-hydrogen) atoms. The fraction of sp³-hybridized carbons (Fsp3) is 0.593. The van der Waals surface area contributed by atoms with Crippen molar-refractivity contribution in [3.8, 4) is 5.75 Å². The zero-order valence-corrected chi connectivity index (χ0v) is 23.9. The molecule has 2 N–H and O–H groups in total. The van der Waals surface area contributed by atoms with Gasteiger partial charge in [0.2, 0.25) is 0 Å². The second-order valence-corrected chi connectivity index (χ2v) is 11.1. The number of carboxylic acid groups (broad SMARTS) is 1. The van der Waals surface area contributed by atoms with Crippen LogP contribution in [0.3, 0.4) is 0 Å². The summed E-state index contributed by atoms with van der Waals surface area (Å²) in [6, 6.07) is -0.739. The number of carbonyl (C=O) groups is 5. The summed E-state index contributed by atoms with van der Waals surface area (Å²) in [5.74, 6) is -3.83. The average Bonchev–Trinajstić information content (AvgIpc) is 2.90. The lowest BCUT2D eigenvalue weighted by atomic mass is 9.93. The van der Waals surface area contributed by atoms with E-state index in [0.29, 0.717) is 12.4 Å². The standard InChI is InChI=1S/C27H33F5N4O7/c1-14(2)36(16-6-5-15(7-10-37)35(13-16)25(41)42)23(39)17-11-19-20(12-18(17)27(30,31)32)43-26(3,4)24(40)34(19)9-8-33-22(38)21(28)29/h10-12,14-16,21H,5-9,13H2,1-4H3,(H,33,38)(H,41,42)/t15-,16-/m1/s1. The van der Waals surface area contributed by atoms with Gasteiger partial charge in [0.15, 0.2) is 5.60 Å². The molecule has 2 atom stereocenters. The number of anilines is 1. The van der Waals surface area contributed by atoms with Gasteiger partial charge in [-0.05, 0) is 52.7 Å². The molecule has 4 amide bonds. The fourth-order valence-corrected chi connectivity index (χ4v) is 5.40. The summed E-state index contributed by atoms with van der Waals surface area (Å²) in [5, 5.41) is 11.6. The van der Waals surface area contributed by atoms with Crippen molar-refractivity contribution in [1.82, 2.24) is 15.1 Å². The number of carbonyl (C=O) groups excluding carboxylic acids is 4. The number of amides is 4. The third-order valence-corrected chi connectivity index (χ3v) is 7.36. The molecule has 1 aromatic carbocycles. The summed E-state index contributed by atoms with van der Waals surface area (Å²) >= 11 is 0. The number of aldehydes is 1. The molecular weight excluding hydrogens is 587 g/mol. The van der Waals surface area contributed by atoms with Gasteiger partial charge in [-0.15, -0.1) is 0 Å². The van der Waals surface area contributed by atoms with Crippen LogP contribution in [0.4, 0.5) is 32.4 Å². The molecule has 0 radical (unpaired) electrons. The van der Waals surface area contributed by atoms with E-state index in [2.05, 4.69) is 0 Å². The number of rotatable bonds is 9. The molecule has 0 bridgehead atoms. The summed E-state index contributed by atoms with van der Waals surface area (Å²) < 4.78 is 74.0. The quantitative estimate of drug-likeness (QED) is 0.318. The smallest absolute Gasteiger partial charge is 0.417 e. The lowest BCUT2D eigenvalue weighted by Crippen LogP contribution is -2.57. The molecule has 0 spiro atoms. The van der Waals surface area contributed by atoms with Gasteiger partial charge in [-0.3, -0.25) is 14.4 Å². The van der Waals surface area contributed by atoms with E-state index in [4.69, 9.17) is 4.74 Å². The van der Waals surface area contributed by atoms with Gasteiger partial charge in [0.1, 0.15) is 12.0 Å². The Morgan fingerprint density at radius 2 is 1.86 bits per heavy atom. The van der Waals surface area contributed by atoms with Crippen LogP contribution in [0.2, 0.25) is 0 Å². The van der Waals surface area contributed by atoms with Crippen LogP contribution >= 0.6 is 0 Å². The van der Waals surface area contributed by atoms with Crippen molar-refractivity contribution in [1.29, 1.82) is 0 Å². The number of piperidine rings is 1. The number of halogens is 5. The van der Waals surface area contributed by atoms with Gasteiger partial charge < -0.3 is 34.7 Å². The van der Waals surface area contributed by atoms with E-state index < -0.39 is 90.1 Å². The molecule has 1 fully saturated rings. The number of nitrogens with zero attached hydrogens (tertiary/aromatic N) is 3. The normalized spacial score (nSPS) is 20.0. The van der Waals surface area contributed by atoms with Crippen LogP contribution in [0, 0.1) is 0 Å². The summed E-state index contributed by atoms with van der Waals surface area (Å²) in [6.45, 7) is 4.57. The minimum atomic E-state index is -5.05. The first-order valence-corrected chi connectivity index (χ1v) is 13.5. The second-order valence-electron chi connectivity index (χ2n) is 11.1. The van der Waals surface area contributed by atoms with Gasteiger partial charge in [0, 0.05) is 38.1 Å². The minimum absolute atomic E-state index is 0.0737. The molecule has 2 heterocycles. The zero-order valence-electron chi connectivity index (χ0n) is 23.9. The highest BCUT2D eigenvalue weighted by Crippen LogP contribution is 2.44. The Kier molecular flexibility index (Phi) is 9.91. The third kappa shape index (κ3) is 7.16. The SMILES string of the molecule is CC(C)N(C(=O)c1cc2c(cc1C(F)(F)F)OC(C)(C)C(=O)N2CCNC(=O)C(F)F)[C@@H]1CC[C@H](CC=O)N(C(=O)O)C1. The second kappa shape index (κ2) is 12.7. The fourth-order valence-electron chi connectivity index (χ4n) is 5.40. The molecule has 3 rings (SSSR count). The van der Waals surface area contributed by atoms with Gasteiger partial charge in [-0.25, -0.2) is 4.79 Å². The zero-order chi connectivity index (χ0) is 32.4. The molecule has 1 saturated heterocycles. The van der Waals surface area contributed by atoms with E-state index in [1.54, 1.807) is 13.8 Å². The Morgan fingerprint density at radius 1 is 1.21 bits per heavy atom. The highest BCUT2D eigenvalue weighted by molar-refractivity contribution is 6.05. The van der Waals surface area contributed by atoms with E-state index in [9.17, 15) is 51.0 Å². The third-order valence-electron chi connectivity index (χ3n) is 7.36. The van der Waals surface area contributed by atoms with Gasteiger partial charge >= 0.3 is 18.7 Å². The van der Waals surface area contributed by atoms with Crippen LogP contribution in [0.1, 0.15) is 62.9 Å². The highest BCUT2D eigenvalue weighted by Gasteiger charge is 2.46. The number of likely N-dealkylation sites (tertiary alicyclic amines) is 1. The number of fused-ring (bicyclic) bond motifs is 1. The van der Waals surface area contributed by atoms with Crippen LogP contribution in [-0.4, -0.2) is 94.8 Å². The molecule has 1 aromatic rings. The topological polar surface area (TPSA) is 137 Å². The largest absolute Gasteiger partial charge is 0.476 e. The van der Waals surface area contributed by atoms with Crippen LogP contribution in [-0.2, 0) is 20.6 Å². The predicted octanol–water partition coefficient (Wildman–Crippen LogP) is 3.54. The first kappa shape index (κ1) is 33.5. The minimum Gasteiger partial charge on any atom is -0.476 e. The van der Waals surface area contributed by atoms with Crippen molar-refractivity contribution in [2.24, 2.45) is 0 Å². The maximum atomic E-state index is 14.4. The van der Waals surface area contributed by atoms with Crippen molar-refractivity contribution in [3.63, 3.8) is 0 Å². The summed E-state index contributed by atoms with van der Waals surface area (Å²) in [6.07, 6.45) is -8.81. The van der Waals surface area contributed by atoms with E-state index in [1.807, 2.05) is 5.32 Å². The number of benzene rings is 1. The number of nitrogens with one attached hydrogen (secondary N) is 1. The van der Waals surface area contributed by atoms with E-state index in [-0.39, 0.29) is 31.5 Å². The van der Waals surface area contributed by atoms with Crippen LogP contribution < -0.4 is 15.0 Å².